The Bertz CT molecular complexity index is 881. The molecule has 0 bridgehead atoms. The third-order valence-electron chi connectivity index (χ3n) is 4.39. The van der Waals surface area contributed by atoms with Gasteiger partial charge in [-0.1, -0.05) is 12.1 Å². The molecule has 0 spiro atoms. The summed E-state index contributed by atoms with van der Waals surface area (Å²) in [6.45, 7) is 1.88. The monoisotopic (exact) mass is 317 g/mol. The molecule has 1 aliphatic rings. The van der Waals surface area contributed by atoms with Crippen molar-refractivity contribution in [2.45, 2.75) is 31.4 Å². The van der Waals surface area contributed by atoms with Gasteiger partial charge in [0.1, 0.15) is 17.0 Å². The van der Waals surface area contributed by atoms with Crippen LogP contribution in [0.4, 0.5) is 13.2 Å². The van der Waals surface area contributed by atoms with Gasteiger partial charge >= 0.3 is 6.18 Å². The van der Waals surface area contributed by atoms with Gasteiger partial charge < -0.3 is 4.42 Å². The normalized spacial score (nSPS) is 20.9. The highest BCUT2D eigenvalue weighted by Gasteiger charge is 2.45. The van der Waals surface area contributed by atoms with Gasteiger partial charge in [0.2, 0.25) is 0 Å². The molecule has 0 N–H and O–H groups in total. The van der Waals surface area contributed by atoms with Crippen LogP contribution in [-0.2, 0) is 6.18 Å². The molecule has 3 aromatic rings. The van der Waals surface area contributed by atoms with E-state index in [-0.39, 0.29) is 11.8 Å². The first-order valence-electron chi connectivity index (χ1n) is 7.45. The van der Waals surface area contributed by atoms with E-state index in [0.29, 0.717) is 5.56 Å². The van der Waals surface area contributed by atoms with E-state index in [2.05, 4.69) is 4.98 Å². The molecule has 1 saturated carbocycles. The van der Waals surface area contributed by atoms with Crippen molar-refractivity contribution >= 4 is 11.0 Å². The van der Waals surface area contributed by atoms with Gasteiger partial charge in [0, 0.05) is 11.6 Å². The Hall–Kier alpha value is -2.30. The standard InChI is InChI=1S/C18H14F3NO/c1-10-7-12-8-11(4-5-16(12)23-10)14-9-15(14)13-3-2-6-22-17(13)18(19,20)21/h2-8,14-15H,9H2,1H3. The number of hydrogen-bond donors (Lipinski definition) is 0. The van der Waals surface area contributed by atoms with E-state index in [1.165, 1.54) is 6.20 Å². The number of nitrogens with zero attached hydrogens (tertiary/aromatic N) is 1. The minimum absolute atomic E-state index is 0.111. The molecule has 2 aromatic heterocycles. The van der Waals surface area contributed by atoms with Crippen molar-refractivity contribution in [2.24, 2.45) is 0 Å². The number of furan rings is 1. The summed E-state index contributed by atoms with van der Waals surface area (Å²) in [5.41, 5.74) is 1.40. The number of pyridine rings is 1. The third-order valence-corrected chi connectivity index (χ3v) is 4.39. The minimum atomic E-state index is -4.41. The summed E-state index contributed by atoms with van der Waals surface area (Å²) < 4.78 is 44.8. The van der Waals surface area contributed by atoms with Crippen LogP contribution in [0.1, 0.15) is 40.8 Å². The molecule has 2 nitrogen and oxygen atoms in total. The Morgan fingerprint density at radius 3 is 2.74 bits per heavy atom. The predicted octanol–water partition coefficient (Wildman–Crippen LogP) is 5.43. The second-order valence-corrected chi connectivity index (χ2v) is 6.04. The molecule has 2 unspecified atom stereocenters. The van der Waals surface area contributed by atoms with Gasteiger partial charge in [0.05, 0.1) is 0 Å². The molecule has 5 heteroatoms. The van der Waals surface area contributed by atoms with Crippen LogP contribution in [0.25, 0.3) is 11.0 Å². The van der Waals surface area contributed by atoms with E-state index >= 15 is 0 Å². The lowest BCUT2D eigenvalue weighted by atomic mass is 10.0. The molecule has 4 rings (SSSR count). The lowest BCUT2D eigenvalue weighted by Gasteiger charge is -2.11. The Morgan fingerprint density at radius 2 is 1.96 bits per heavy atom. The predicted molar refractivity (Wildman–Crippen MR) is 80.3 cm³/mol. The van der Waals surface area contributed by atoms with Gasteiger partial charge in [0.15, 0.2) is 0 Å². The van der Waals surface area contributed by atoms with Crippen LogP contribution >= 0.6 is 0 Å². The van der Waals surface area contributed by atoms with Crippen molar-refractivity contribution in [2.75, 3.05) is 0 Å². The van der Waals surface area contributed by atoms with Crippen molar-refractivity contribution in [3.05, 3.63) is 65.2 Å². The first-order chi connectivity index (χ1) is 10.9. The Morgan fingerprint density at radius 1 is 1.13 bits per heavy atom. The number of benzene rings is 1. The summed E-state index contributed by atoms with van der Waals surface area (Å²) in [5.74, 6) is 0.821. The first-order valence-corrected chi connectivity index (χ1v) is 7.45. The topological polar surface area (TPSA) is 26.0 Å². The lowest BCUT2D eigenvalue weighted by molar-refractivity contribution is -0.141. The molecule has 2 atom stereocenters. The molecule has 2 heterocycles. The zero-order valence-electron chi connectivity index (χ0n) is 12.4. The summed E-state index contributed by atoms with van der Waals surface area (Å²) in [4.78, 5) is 3.55. The van der Waals surface area contributed by atoms with E-state index in [0.717, 1.165) is 28.7 Å². The molecule has 0 radical (unpaired) electrons. The number of hydrogen-bond acceptors (Lipinski definition) is 2. The minimum Gasteiger partial charge on any atom is -0.461 e. The maximum absolute atomic E-state index is 13.1. The van der Waals surface area contributed by atoms with Crippen LogP contribution < -0.4 is 0 Å². The third kappa shape index (κ3) is 2.50. The molecule has 0 saturated heterocycles. The summed E-state index contributed by atoms with van der Waals surface area (Å²) in [7, 11) is 0. The fraction of sp³-hybridized carbons (Fsp3) is 0.278. The fourth-order valence-electron chi connectivity index (χ4n) is 3.29. The van der Waals surface area contributed by atoms with Crippen molar-refractivity contribution < 1.29 is 17.6 Å². The molecule has 23 heavy (non-hydrogen) atoms. The molecule has 0 aliphatic heterocycles. The van der Waals surface area contributed by atoms with Crippen molar-refractivity contribution in [1.29, 1.82) is 0 Å². The number of alkyl halides is 3. The molecule has 0 amide bonds. The van der Waals surface area contributed by atoms with Crippen molar-refractivity contribution in [3.8, 4) is 0 Å². The Balaban J connectivity index is 1.67. The van der Waals surface area contributed by atoms with Gasteiger partial charge in [-0.2, -0.15) is 13.2 Å². The molecule has 1 fully saturated rings. The average molecular weight is 317 g/mol. The van der Waals surface area contributed by atoms with Gasteiger partial charge in [-0.3, -0.25) is 4.98 Å². The highest BCUT2D eigenvalue weighted by atomic mass is 19.4. The number of halogens is 3. The second kappa shape index (κ2) is 4.85. The van der Waals surface area contributed by atoms with Crippen LogP contribution in [0, 0.1) is 6.92 Å². The summed E-state index contributed by atoms with van der Waals surface area (Å²) >= 11 is 0. The van der Waals surface area contributed by atoms with Crippen LogP contribution in [0.15, 0.2) is 47.0 Å². The quantitative estimate of drug-likeness (QED) is 0.630. The molecule has 1 aliphatic carbocycles. The van der Waals surface area contributed by atoms with E-state index in [4.69, 9.17) is 4.42 Å². The highest BCUT2D eigenvalue weighted by Crippen LogP contribution is 2.56. The lowest BCUT2D eigenvalue weighted by Crippen LogP contribution is -2.11. The largest absolute Gasteiger partial charge is 0.461 e. The Labute approximate surface area is 130 Å². The van der Waals surface area contributed by atoms with Gasteiger partial charge in [0.25, 0.3) is 0 Å². The zero-order valence-corrected chi connectivity index (χ0v) is 12.4. The van der Waals surface area contributed by atoms with E-state index in [9.17, 15) is 13.2 Å². The first kappa shape index (κ1) is 14.3. The molecule has 118 valence electrons. The zero-order chi connectivity index (χ0) is 16.2. The number of rotatable bonds is 2. The average Bonchev–Trinajstić information content (AvgIpc) is 3.20. The molecular formula is C18H14F3NO. The van der Waals surface area contributed by atoms with Crippen molar-refractivity contribution in [1.82, 2.24) is 4.98 Å². The van der Waals surface area contributed by atoms with Crippen LogP contribution in [0.2, 0.25) is 0 Å². The van der Waals surface area contributed by atoms with Gasteiger partial charge in [-0.15, -0.1) is 0 Å². The maximum atomic E-state index is 13.1. The van der Waals surface area contributed by atoms with E-state index in [1.54, 1.807) is 12.1 Å². The summed E-state index contributed by atoms with van der Waals surface area (Å²) in [5, 5.41) is 0.993. The van der Waals surface area contributed by atoms with Gasteiger partial charge in [-0.05, 0) is 60.6 Å². The second-order valence-electron chi connectivity index (χ2n) is 6.04. The summed E-state index contributed by atoms with van der Waals surface area (Å²) in [6.07, 6.45) is -2.49. The Kier molecular flexibility index (Phi) is 3.01. The molecule has 1 aromatic carbocycles. The highest BCUT2D eigenvalue weighted by molar-refractivity contribution is 5.79. The van der Waals surface area contributed by atoms with Crippen LogP contribution in [0.5, 0.6) is 0 Å². The maximum Gasteiger partial charge on any atom is 0.433 e. The number of fused-ring (bicyclic) bond motifs is 1. The van der Waals surface area contributed by atoms with Crippen molar-refractivity contribution in [3.63, 3.8) is 0 Å². The fourth-order valence-corrected chi connectivity index (χ4v) is 3.29. The summed E-state index contributed by atoms with van der Waals surface area (Å²) in [6, 6.07) is 10.9. The number of aromatic nitrogens is 1. The smallest absolute Gasteiger partial charge is 0.433 e. The number of aryl methyl sites for hydroxylation is 1. The van der Waals surface area contributed by atoms with Crippen LogP contribution in [0.3, 0.4) is 0 Å². The van der Waals surface area contributed by atoms with E-state index in [1.807, 2.05) is 31.2 Å². The van der Waals surface area contributed by atoms with Gasteiger partial charge in [-0.25, -0.2) is 0 Å². The molecular weight excluding hydrogens is 303 g/mol. The SMILES string of the molecule is Cc1cc2cc(C3CC3c3cccnc3C(F)(F)F)ccc2o1. The van der Waals surface area contributed by atoms with Crippen LogP contribution in [-0.4, -0.2) is 4.98 Å². The van der Waals surface area contributed by atoms with E-state index < -0.39 is 11.9 Å².